The SMILES string of the molecule is Cc1cccc(-c2cc(Br)cc(Br)c2)c1C. The van der Waals surface area contributed by atoms with Crippen LogP contribution in [0.1, 0.15) is 11.1 Å². The van der Waals surface area contributed by atoms with Crippen LogP contribution in [0.15, 0.2) is 45.3 Å². The van der Waals surface area contributed by atoms with Crippen molar-refractivity contribution in [2.24, 2.45) is 0 Å². The first-order valence-corrected chi connectivity index (χ1v) is 6.69. The number of rotatable bonds is 1. The number of aryl methyl sites for hydroxylation is 1. The van der Waals surface area contributed by atoms with Crippen LogP contribution in [0.3, 0.4) is 0 Å². The van der Waals surface area contributed by atoms with Gasteiger partial charge < -0.3 is 0 Å². The third kappa shape index (κ3) is 2.38. The zero-order valence-electron chi connectivity index (χ0n) is 9.22. The Kier molecular flexibility index (Phi) is 3.50. The highest BCUT2D eigenvalue weighted by molar-refractivity contribution is 9.11. The molecule has 0 aromatic heterocycles. The summed E-state index contributed by atoms with van der Waals surface area (Å²) in [7, 11) is 0. The second-order valence-corrected chi connectivity index (χ2v) is 5.74. The van der Waals surface area contributed by atoms with E-state index in [0.29, 0.717) is 0 Å². The molecule has 0 aliphatic rings. The summed E-state index contributed by atoms with van der Waals surface area (Å²) < 4.78 is 2.19. The number of halogens is 2. The standard InChI is InChI=1S/C14H12Br2/c1-9-4-3-5-14(10(9)2)11-6-12(15)8-13(16)7-11/h3-8H,1-2H3. The summed E-state index contributed by atoms with van der Waals surface area (Å²) in [5, 5.41) is 0. The minimum absolute atomic E-state index is 1.10. The van der Waals surface area contributed by atoms with Gasteiger partial charge in [0.25, 0.3) is 0 Å². The van der Waals surface area contributed by atoms with Crippen LogP contribution in [0.25, 0.3) is 11.1 Å². The van der Waals surface area contributed by atoms with E-state index >= 15 is 0 Å². The molecule has 0 saturated heterocycles. The van der Waals surface area contributed by atoms with Crippen LogP contribution >= 0.6 is 31.9 Å². The van der Waals surface area contributed by atoms with E-state index in [1.165, 1.54) is 22.3 Å². The van der Waals surface area contributed by atoms with Gasteiger partial charge in [-0.05, 0) is 54.3 Å². The van der Waals surface area contributed by atoms with E-state index < -0.39 is 0 Å². The van der Waals surface area contributed by atoms with Crippen molar-refractivity contribution < 1.29 is 0 Å². The van der Waals surface area contributed by atoms with Crippen molar-refractivity contribution in [2.75, 3.05) is 0 Å². The summed E-state index contributed by atoms with van der Waals surface area (Å²) in [5.41, 5.74) is 5.20. The first kappa shape index (κ1) is 11.9. The Hall–Kier alpha value is -0.600. The molecule has 2 rings (SSSR count). The molecule has 0 spiro atoms. The fourth-order valence-corrected chi connectivity index (χ4v) is 3.07. The normalized spacial score (nSPS) is 10.5. The maximum atomic E-state index is 3.52. The van der Waals surface area contributed by atoms with Crippen molar-refractivity contribution in [3.63, 3.8) is 0 Å². The lowest BCUT2D eigenvalue weighted by Crippen LogP contribution is -1.87. The number of benzene rings is 2. The van der Waals surface area contributed by atoms with Crippen LogP contribution in [-0.2, 0) is 0 Å². The molecule has 0 aliphatic heterocycles. The van der Waals surface area contributed by atoms with E-state index in [0.717, 1.165) is 8.95 Å². The van der Waals surface area contributed by atoms with Gasteiger partial charge >= 0.3 is 0 Å². The Labute approximate surface area is 113 Å². The molecule has 16 heavy (non-hydrogen) atoms. The van der Waals surface area contributed by atoms with Crippen molar-refractivity contribution in [1.82, 2.24) is 0 Å². The average Bonchev–Trinajstić information content (AvgIpc) is 2.20. The van der Waals surface area contributed by atoms with E-state index in [9.17, 15) is 0 Å². The summed E-state index contributed by atoms with van der Waals surface area (Å²) in [4.78, 5) is 0. The van der Waals surface area contributed by atoms with Gasteiger partial charge in [0.05, 0.1) is 0 Å². The van der Waals surface area contributed by atoms with Gasteiger partial charge in [-0.25, -0.2) is 0 Å². The molecule has 2 heteroatoms. The molecule has 0 radical (unpaired) electrons. The van der Waals surface area contributed by atoms with Crippen molar-refractivity contribution in [1.29, 1.82) is 0 Å². The number of hydrogen-bond donors (Lipinski definition) is 0. The Morgan fingerprint density at radius 3 is 2.12 bits per heavy atom. The van der Waals surface area contributed by atoms with Crippen molar-refractivity contribution >= 4 is 31.9 Å². The molecule has 0 bridgehead atoms. The second-order valence-electron chi connectivity index (χ2n) is 3.91. The van der Waals surface area contributed by atoms with Gasteiger partial charge in [-0.1, -0.05) is 50.1 Å². The quantitative estimate of drug-likeness (QED) is 0.644. The summed E-state index contributed by atoms with van der Waals surface area (Å²) in [6, 6.07) is 12.8. The predicted octanol–water partition coefficient (Wildman–Crippen LogP) is 5.50. The van der Waals surface area contributed by atoms with Crippen LogP contribution in [0, 0.1) is 13.8 Å². The van der Waals surface area contributed by atoms with Crippen molar-refractivity contribution in [2.45, 2.75) is 13.8 Å². The minimum Gasteiger partial charge on any atom is -0.0614 e. The molecule has 2 aromatic rings. The molecule has 0 nitrogen and oxygen atoms in total. The molecule has 0 aliphatic carbocycles. The average molecular weight is 340 g/mol. The summed E-state index contributed by atoms with van der Waals surface area (Å²) >= 11 is 7.05. The maximum absolute atomic E-state index is 3.52. The van der Waals surface area contributed by atoms with Crippen LogP contribution in [0.5, 0.6) is 0 Å². The van der Waals surface area contributed by atoms with Crippen LogP contribution in [0.2, 0.25) is 0 Å². The fourth-order valence-electron chi connectivity index (χ4n) is 1.77. The maximum Gasteiger partial charge on any atom is 0.0192 e. The highest BCUT2D eigenvalue weighted by Crippen LogP contribution is 2.30. The van der Waals surface area contributed by atoms with E-state index in [2.05, 4.69) is 82.1 Å². The van der Waals surface area contributed by atoms with E-state index in [1.807, 2.05) is 0 Å². The lowest BCUT2D eigenvalue weighted by Gasteiger charge is -2.09. The minimum atomic E-state index is 1.10. The van der Waals surface area contributed by atoms with Gasteiger partial charge in [0.2, 0.25) is 0 Å². The summed E-state index contributed by atoms with van der Waals surface area (Å²) in [5.74, 6) is 0. The number of hydrogen-bond acceptors (Lipinski definition) is 0. The van der Waals surface area contributed by atoms with Gasteiger partial charge in [0.15, 0.2) is 0 Å². The first-order chi connectivity index (χ1) is 7.58. The Bertz CT molecular complexity index is 510. The third-order valence-electron chi connectivity index (χ3n) is 2.78. The molecule has 82 valence electrons. The largest absolute Gasteiger partial charge is 0.0614 e. The molecule has 0 fully saturated rings. The van der Waals surface area contributed by atoms with Crippen LogP contribution < -0.4 is 0 Å². The second kappa shape index (κ2) is 4.72. The predicted molar refractivity (Wildman–Crippen MR) is 76.8 cm³/mol. The van der Waals surface area contributed by atoms with Gasteiger partial charge in [0, 0.05) is 8.95 Å². The molecule has 0 heterocycles. The molecule has 0 saturated carbocycles. The van der Waals surface area contributed by atoms with Crippen molar-refractivity contribution in [3.05, 3.63) is 56.5 Å². The molecule has 0 unspecified atom stereocenters. The summed E-state index contributed by atoms with van der Waals surface area (Å²) in [6.45, 7) is 4.31. The van der Waals surface area contributed by atoms with Gasteiger partial charge in [0.1, 0.15) is 0 Å². The van der Waals surface area contributed by atoms with E-state index in [1.54, 1.807) is 0 Å². The monoisotopic (exact) mass is 338 g/mol. The highest BCUT2D eigenvalue weighted by atomic mass is 79.9. The molecular formula is C14H12Br2. The molecular weight excluding hydrogens is 328 g/mol. The smallest absolute Gasteiger partial charge is 0.0192 e. The Morgan fingerprint density at radius 1 is 0.875 bits per heavy atom. The van der Waals surface area contributed by atoms with E-state index in [-0.39, 0.29) is 0 Å². The van der Waals surface area contributed by atoms with Gasteiger partial charge in [-0.3, -0.25) is 0 Å². The van der Waals surface area contributed by atoms with E-state index in [4.69, 9.17) is 0 Å². The van der Waals surface area contributed by atoms with Crippen LogP contribution in [-0.4, -0.2) is 0 Å². The zero-order valence-corrected chi connectivity index (χ0v) is 12.4. The molecule has 0 atom stereocenters. The third-order valence-corrected chi connectivity index (χ3v) is 3.69. The van der Waals surface area contributed by atoms with Gasteiger partial charge in [-0.2, -0.15) is 0 Å². The lowest BCUT2D eigenvalue weighted by atomic mass is 9.97. The topological polar surface area (TPSA) is 0 Å². The lowest BCUT2D eigenvalue weighted by molar-refractivity contribution is 1.34. The van der Waals surface area contributed by atoms with Crippen LogP contribution in [0.4, 0.5) is 0 Å². The first-order valence-electron chi connectivity index (χ1n) is 5.10. The Balaban J connectivity index is 2.63. The molecule has 0 amide bonds. The molecule has 0 N–H and O–H groups in total. The Morgan fingerprint density at radius 2 is 1.50 bits per heavy atom. The fraction of sp³-hybridized carbons (Fsp3) is 0.143. The van der Waals surface area contributed by atoms with Gasteiger partial charge in [-0.15, -0.1) is 0 Å². The highest BCUT2D eigenvalue weighted by Gasteiger charge is 2.05. The zero-order chi connectivity index (χ0) is 11.7. The molecule has 2 aromatic carbocycles. The summed E-state index contributed by atoms with van der Waals surface area (Å²) in [6.07, 6.45) is 0. The van der Waals surface area contributed by atoms with Crippen molar-refractivity contribution in [3.8, 4) is 11.1 Å².